The van der Waals surface area contributed by atoms with E-state index in [1.165, 1.54) is 17.2 Å². The van der Waals surface area contributed by atoms with Crippen LogP contribution in [0.1, 0.15) is 16.7 Å². The lowest BCUT2D eigenvalue weighted by Gasteiger charge is -2.37. The van der Waals surface area contributed by atoms with Gasteiger partial charge in [-0.05, 0) is 16.7 Å². The molecule has 1 aliphatic heterocycles. The van der Waals surface area contributed by atoms with E-state index in [1.807, 2.05) is 54.6 Å². The molecule has 162 valence electrons. The molecule has 1 heterocycles. The minimum atomic E-state index is -0.586. The molecule has 0 fully saturated rings. The molecule has 1 amide bonds. The Balaban J connectivity index is 1.78. The van der Waals surface area contributed by atoms with Crippen molar-refractivity contribution in [1.82, 2.24) is 4.90 Å². The summed E-state index contributed by atoms with van der Waals surface area (Å²) in [6.07, 6.45) is 2.49. The van der Waals surface area contributed by atoms with Crippen LogP contribution in [0, 0.1) is 0 Å². The Morgan fingerprint density at radius 2 is 1.44 bits per heavy atom. The highest BCUT2D eigenvalue weighted by molar-refractivity contribution is 8.01. The van der Waals surface area contributed by atoms with Gasteiger partial charge in [-0.25, -0.2) is 4.79 Å². The lowest BCUT2D eigenvalue weighted by molar-refractivity contribution is 0.131. The average molecular weight is 444 g/mol. The number of hydrogen-bond donors (Lipinski definition) is 1. The fourth-order valence-corrected chi connectivity index (χ4v) is 5.60. The normalized spacial score (nSPS) is 15.8. The summed E-state index contributed by atoms with van der Waals surface area (Å²) in [6.45, 7) is 4.02. The third kappa shape index (κ3) is 4.30. The highest BCUT2D eigenvalue weighted by Crippen LogP contribution is 2.51. The van der Waals surface area contributed by atoms with E-state index in [4.69, 9.17) is 4.74 Å². The summed E-state index contributed by atoms with van der Waals surface area (Å²) >= 11 is 1.62. The van der Waals surface area contributed by atoms with Gasteiger partial charge in [-0.3, -0.25) is 4.90 Å². The minimum Gasteiger partial charge on any atom is -0.510 e. The first-order valence-corrected chi connectivity index (χ1v) is 11.3. The summed E-state index contributed by atoms with van der Waals surface area (Å²) in [5, 5.41) is 10.5. The predicted molar refractivity (Wildman–Crippen MR) is 130 cm³/mol. The Labute approximate surface area is 192 Å². The van der Waals surface area contributed by atoms with E-state index in [0.717, 1.165) is 16.7 Å². The van der Waals surface area contributed by atoms with E-state index in [1.54, 1.807) is 11.8 Å². The van der Waals surface area contributed by atoms with Crippen LogP contribution in [0.3, 0.4) is 0 Å². The van der Waals surface area contributed by atoms with E-state index in [0.29, 0.717) is 6.54 Å². The maximum absolute atomic E-state index is 12.4. The van der Waals surface area contributed by atoms with Crippen LogP contribution < -0.4 is 0 Å². The second kappa shape index (κ2) is 9.79. The summed E-state index contributed by atoms with van der Waals surface area (Å²) in [5.74, 6) is 0.151. The largest absolute Gasteiger partial charge is 0.510 e. The zero-order valence-corrected chi connectivity index (χ0v) is 18.4. The molecular weight excluding hydrogens is 418 g/mol. The number of nitrogens with zero attached hydrogens (tertiary/aromatic N) is 1. The van der Waals surface area contributed by atoms with Gasteiger partial charge in [0, 0.05) is 12.7 Å². The maximum atomic E-state index is 12.4. The van der Waals surface area contributed by atoms with Crippen molar-refractivity contribution in [3.8, 4) is 0 Å². The summed E-state index contributed by atoms with van der Waals surface area (Å²) < 4.78 is 4.57. The van der Waals surface area contributed by atoms with Gasteiger partial charge in [0.1, 0.15) is 12.4 Å². The lowest BCUT2D eigenvalue weighted by Crippen LogP contribution is -2.32. The van der Waals surface area contributed by atoms with E-state index < -0.39 is 10.8 Å². The van der Waals surface area contributed by atoms with Gasteiger partial charge in [-0.2, -0.15) is 0 Å². The van der Waals surface area contributed by atoms with Gasteiger partial charge < -0.3 is 9.84 Å². The molecular formula is C27H25NO3S. The standard InChI is InChI=1S/C27H25NO3S/c1-2-18-31-26(30)28-19-24(29)25(20-28)32-27(21-12-6-3-7-13-21,22-14-8-4-9-15-22)23-16-10-5-11-17-23/h2-17,19,25,29H,1,18,20H2. The van der Waals surface area contributed by atoms with Gasteiger partial charge in [0.25, 0.3) is 0 Å². The number of thioether (sulfide) groups is 1. The van der Waals surface area contributed by atoms with Crippen LogP contribution in [-0.4, -0.2) is 34.5 Å². The van der Waals surface area contributed by atoms with Gasteiger partial charge in [-0.1, -0.05) is 104 Å². The van der Waals surface area contributed by atoms with Crippen LogP contribution in [-0.2, 0) is 9.48 Å². The molecule has 1 aliphatic rings. The molecule has 0 radical (unpaired) electrons. The Morgan fingerprint density at radius 1 is 0.969 bits per heavy atom. The number of aliphatic hydroxyl groups excluding tert-OH is 1. The number of benzene rings is 3. The quantitative estimate of drug-likeness (QED) is 0.353. The maximum Gasteiger partial charge on any atom is 0.414 e. The molecule has 0 aromatic heterocycles. The summed E-state index contributed by atoms with van der Waals surface area (Å²) in [7, 11) is 0. The van der Waals surface area contributed by atoms with Crippen molar-refractivity contribution in [2.45, 2.75) is 10.00 Å². The smallest absolute Gasteiger partial charge is 0.414 e. The third-order valence-corrected chi connectivity index (χ3v) is 7.14. The van der Waals surface area contributed by atoms with Crippen LogP contribution in [0.4, 0.5) is 4.79 Å². The zero-order valence-electron chi connectivity index (χ0n) is 17.6. The van der Waals surface area contributed by atoms with Crippen molar-refractivity contribution in [2.75, 3.05) is 13.2 Å². The molecule has 4 rings (SSSR count). The topological polar surface area (TPSA) is 49.8 Å². The fraction of sp³-hybridized carbons (Fsp3) is 0.148. The molecule has 0 spiro atoms. The molecule has 1 atom stereocenters. The molecule has 3 aromatic rings. The highest BCUT2D eigenvalue weighted by atomic mass is 32.2. The van der Waals surface area contributed by atoms with E-state index in [9.17, 15) is 9.90 Å². The Kier molecular flexibility index (Phi) is 6.66. The first-order chi connectivity index (χ1) is 15.6. The number of hydrogen-bond acceptors (Lipinski definition) is 4. The fourth-order valence-electron chi connectivity index (χ4n) is 3.94. The summed E-state index contributed by atoms with van der Waals surface area (Å²) in [6, 6.07) is 30.8. The number of ether oxygens (including phenoxy) is 1. The number of amides is 1. The van der Waals surface area contributed by atoms with Gasteiger partial charge in [-0.15, -0.1) is 11.8 Å². The van der Waals surface area contributed by atoms with Crippen molar-refractivity contribution < 1.29 is 14.6 Å². The molecule has 5 heteroatoms. The Morgan fingerprint density at radius 3 is 1.88 bits per heavy atom. The van der Waals surface area contributed by atoms with E-state index in [2.05, 4.69) is 43.0 Å². The summed E-state index contributed by atoms with van der Waals surface area (Å²) in [5.41, 5.74) is 3.30. The average Bonchev–Trinajstić information content (AvgIpc) is 3.22. The van der Waals surface area contributed by atoms with E-state index in [-0.39, 0.29) is 17.6 Å². The van der Waals surface area contributed by atoms with Crippen molar-refractivity contribution in [3.05, 3.63) is 132 Å². The zero-order chi connectivity index (χ0) is 22.4. The van der Waals surface area contributed by atoms with Crippen molar-refractivity contribution in [3.63, 3.8) is 0 Å². The molecule has 1 unspecified atom stereocenters. The van der Waals surface area contributed by atoms with Gasteiger partial charge in [0.2, 0.25) is 0 Å². The Hall–Kier alpha value is -3.44. The van der Waals surface area contributed by atoms with Crippen molar-refractivity contribution in [1.29, 1.82) is 0 Å². The lowest BCUT2D eigenvalue weighted by atomic mass is 9.84. The van der Waals surface area contributed by atoms with Crippen LogP contribution in [0.5, 0.6) is 0 Å². The molecule has 0 aliphatic carbocycles. The van der Waals surface area contributed by atoms with Crippen molar-refractivity contribution >= 4 is 17.9 Å². The molecule has 32 heavy (non-hydrogen) atoms. The van der Waals surface area contributed by atoms with Crippen LogP contribution in [0.2, 0.25) is 0 Å². The van der Waals surface area contributed by atoms with Crippen LogP contribution in [0.25, 0.3) is 0 Å². The molecule has 0 saturated carbocycles. The SMILES string of the molecule is C=CCOC(=O)N1C=C(O)C(SC(c2ccccc2)(c2ccccc2)c2ccccc2)C1. The number of aliphatic hydroxyl groups is 1. The van der Waals surface area contributed by atoms with Gasteiger partial charge in [0.05, 0.1) is 10.00 Å². The third-order valence-electron chi connectivity index (χ3n) is 5.40. The number of rotatable bonds is 7. The van der Waals surface area contributed by atoms with Crippen molar-refractivity contribution in [2.24, 2.45) is 0 Å². The highest BCUT2D eigenvalue weighted by Gasteiger charge is 2.42. The molecule has 0 bridgehead atoms. The molecule has 4 nitrogen and oxygen atoms in total. The summed E-state index contributed by atoms with van der Waals surface area (Å²) in [4.78, 5) is 13.8. The van der Waals surface area contributed by atoms with Crippen LogP contribution >= 0.6 is 11.8 Å². The second-order valence-corrected chi connectivity index (χ2v) is 8.87. The second-order valence-electron chi connectivity index (χ2n) is 7.46. The monoisotopic (exact) mass is 443 g/mol. The predicted octanol–water partition coefficient (Wildman–Crippen LogP) is 6.12. The van der Waals surface area contributed by atoms with Crippen LogP contribution in [0.15, 0.2) is 116 Å². The molecule has 3 aromatic carbocycles. The molecule has 0 saturated heterocycles. The first kappa shape index (κ1) is 21.8. The first-order valence-electron chi connectivity index (χ1n) is 10.4. The van der Waals surface area contributed by atoms with E-state index >= 15 is 0 Å². The molecule has 1 N–H and O–H groups in total. The number of carbonyl (C=O) groups excluding carboxylic acids is 1. The number of carbonyl (C=O) groups is 1. The van der Waals surface area contributed by atoms with Gasteiger partial charge >= 0.3 is 6.09 Å². The minimum absolute atomic E-state index is 0.129. The Bertz CT molecular complexity index is 987. The van der Waals surface area contributed by atoms with Gasteiger partial charge in [0.15, 0.2) is 0 Å².